The van der Waals surface area contributed by atoms with Crippen LogP contribution in [0.3, 0.4) is 0 Å². The zero-order valence-corrected chi connectivity index (χ0v) is 12.6. The first kappa shape index (κ1) is 27.5. The van der Waals surface area contributed by atoms with Gasteiger partial charge in [-0.2, -0.15) is 0 Å². The summed E-state index contributed by atoms with van der Waals surface area (Å²) in [5.41, 5.74) is 0. The summed E-state index contributed by atoms with van der Waals surface area (Å²) in [6, 6.07) is 0. The molecule has 0 aliphatic carbocycles. The third kappa shape index (κ3) is 15.5. The summed E-state index contributed by atoms with van der Waals surface area (Å²) in [4.78, 5) is 28.8. The van der Waals surface area contributed by atoms with Crippen LogP contribution >= 0.6 is 0 Å². The second-order valence-corrected chi connectivity index (χ2v) is 4.13. The molecule has 0 spiro atoms. The van der Waals surface area contributed by atoms with Crippen LogP contribution in [0.4, 0.5) is 0 Å². The van der Waals surface area contributed by atoms with Crippen molar-refractivity contribution in [3.05, 3.63) is 0 Å². The first-order valence-corrected chi connectivity index (χ1v) is 6.43. The number of rotatable bonds is 9. The van der Waals surface area contributed by atoms with Crippen molar-refractivity contribution >= 4 is 18.9 Å². The largest absolute Gasteiger partial charge is 0.394 e. The summed E-state index contributed by atoms with van der Waals surface area (Å²) >= 11 is 0. The molecule has 0 amide bonds. The summed E-state index contributed by atoms with van der Waals surface area (Å²) in [6.07, 6.45) is -7.89. The van der Waals surface area contributed by atoms with Gasteiger partial charge in [-0.3, -0.25) is 0 Å². The average Bonchev–Trinajstić information content (AvgIpc) is 2.64. The zero-order valence-electron chi connectivity index (χ0n) is 12.6. The molecule has 0 aromatic rings. The van der Waals surface area contributed by atoms with Gasteiger partial charge in [-0.15, -0.1) is 0 Å². The smallest absolute Gasteiger partial charge is 0.151 e. The highest BCUT2D eigenvalue weighted by molar-refractivity contribution is 5.57. The maximum Gasteiger partial charge on any atom is 0.151 e. The van der Waals surface area contributed by atoms with E-state index in [0.29, 0.717) is 0 Å². The monoisotopic (exact) mass is 360 g/mol. The topological polar surface area (TPSA) is 233 Å². The van der Waals surface area contributed by atoms with E-state index < -0.39 is 56.4 Å². The Bertz CT molecular complexity index is 265. The minimum absolute atomic E-state index is 0.168. The molecule has 6 atom stereocenters. The third-order valence-corrected chi connectivity index (χ3v) is 2.16. The molecule has 0 fully saturated rings. The Morgan fingerprint density at radius 1 is 0.500 bits per heavy atom. The van der Waals surface area contributed by atoms with E-state index in [1.165, 1.54) is 0 Å². The zero-order chi connectivity index (χ0) is 19.7. The molecule has 0 unspecified atom stereocenters. The summed E-state index contributed by atoms with van der Waals surface area (Å²) in [5.74, 6) is 0. The van der Waals surface area contributed by atoms with Gasteiger partial charge in [0.2, 0.25) is 0 Å². The first-order chi connectivity index (χ1) is 11.2. The lowest BCUT2D eigenvalue weighted by molar-refractivity contribution is -0.122. The minimum atomic E-state index is -1.46. The highest BCUT2D eigenvalue weighted by atomic mass is 16.4. The van der Waals surface area contributed by atoms with E-state index in [9.17, 15) is 14.4 Å². The van der Waals surface area contributed by atoms with E-state index in [1.54, 1.807) is 0 Å². The molecule has 144 valence electrons. The van der Waals surface area contributed by atoms with E-state index in [0.717, 1.165) is 0 Å². The lowest BCUT2D eigenvalue weighted by atomic mass is 10.2. The fourth-order valence-corrected chi connectivity index (χ4v) is 0.596. The predicted octanol–water partition coefficient (Wildman–Crippen LogP) is -6.30. The summed E-state index contributed by atoms with van der Waals surface area (Å²) in [6.45, 7) is -1.79. The lowest BCUT2D eigenvalue weighted by Gasteiger charge is -2.06. The Labute approximate surface area is 136 Å². The fraction of sp³-hybridized carbons (Fsp3) is 0.750. The summed E-state index contributed by atoms with van der Waals surface area (Å²) < 4.78 is 0. The van der Waals surface area contributed by atoms with Gasteiger partial charge < -0.3 is 60.3 Å². The van der Waals surface area contributed by atoms with E-state index >= 15 is 0 Å². The number of carbonyl (C=O) groups is 3. The number of hydrogen-bond donors (Lipinski definition) is 9. The molecular formula is C12H24O12. The van der Waals surface area contributed by atoms with Crippen molar-refractivity contribution in [2.75, 3.05) is 19.8 Å². The molecule has 0 saturated carbocycles. The molecular weight excluding hydrogens is 336 g/mol. The SMILES string of the molecule is O=C[C@@H](O)[C@@H](O)CO.O=C[C@@H](O)[C@H](O)CO.O=C[C@H](O)[C@H](O)CO. The molecule has 0 aromatic heterocycles. The maximum absolute atomic E-state index is 9.58. The van der Waals surface area contributed by atoms with Gasteiger partial charge >= 0.3 is 0 Å². The van der Waals surface area contributed by atoms with Crippen LogP contribution in [0.2, 0.25) is 0 Å². The molecule has 0 aromatic carbocycles. The number of aliphatic hydroxyl groups excluding tert-OH is 9. The Hall–Kier alpha value is -1.35. The maximum atomic E-state index is 9.58. The van der Waals surface area contributed by atoms with Crippen molar-refractivity contribution in [1.29, 1.82) is 0 Å². The van der Waals surface area contributed by atoms with Crippen LogP contribution in [0.1, 0.15) is 0 Å². The third-order valence-electron chi connectivity index (χ3n) is 2.16. The van der Waals surface area contributed by atoms with Crippen LogP contribution < -0.4 is 0 Å². The van der Waals surface area contributed by atoms with E-state index in [4.69, 9.17) is 46.0 Å². The Balaban J connectivity index is -0.000000276. The van der Waals surface area contributed by atoms with Crippen LogP contribution in [0.15, 0.2) is 0 Å². The number of carbonyl (C=O) groups excluding carboxylic acids is 3. The standard InChI is InChI=1S/3C4H8O4/c3*5-1-3(7)4(8)2-6/h3*1,3-4,6-8H,2H2/t2*3-,4+;3-,4-/m101/s1. The predicted molar refractivity (Wildman–Crippen MR) is 75.5 cm³/mol. The second kappa shape index (κ2) is 18.0. The van der Waals surface area contributed by atoms with E-state index in [1.807, 2.05) is 0 Å². The Kier molecular flexibility index (Phi) is 20.6. The van der Waals surface area contributed by atoms with Crippen molar-refractivity contribution in [1.82, 2.24) is 0 Å². The Morgan fingerprint density at radius 2 is 0.667 bits per heavy atom. The molecule has 12 heteroatoms. The molecule has 0 radical (unpaired) electrons. The second-order valence-electron chi connectivity index (χ2n) is 4.13. The van der Waals surface area contributed by atoms with Gasteiger partial charge in [-0.05, 0) is 0 Å². The van der Waals surface area contributed by atoms with Gasteiger partial charge in [-0.25, -0.2) is 0 Å². The summed E-state index contributed by atoms with van der Waals surface area (Å²) in [7, 11) is 0. The van der Waals surface area contributed by atoms with Crippen molar-refractivity contribution < 1.29 is 60.3 Å². The van der Waals surface area contributed by atoms with Crippen molar-refractivity contribution in [2.45, 2.75) is 36.6 Å². The average molecular weight is 360 g/mol. The van der Waals surface area contributed by atoms with Gasteiger partial charge in [0.25, 0.3) is 0 Å². The highest BCUT2D eigenvalue weighted by Gasteiger charge is 2.13. The first-order valence-electron chi connectivity index (χ1n) is 6.43. The fourth-order valence-electron chi connectivity index (χ4n) is 0.596. The van der Waals surface area contributed by atoms with E-state index in [2.05, 4.69) is 0 Å². The molecule has 0 saturated heterocycles. The van der Waals surface area contributed by atoms with Crippen molar-refractivity contribution in [2.24, 2.45) is 0 Å². The minimum Gasteiger partial charge on any atom is -0.394 e. The molecule has 0 aliphatic rings. The van der Waals surface area contributed by atoms with Crippen LogP contribution in [0, 0.1) is 0 Å². The van der Waals surface area contributed by atoms with Gasteiger partial charge in [0.15, 0.2) is 18.9 Å². The van der Waals surface area contributed by atoms with Gasteiger partial charge in [0.05, 0.1) is 19.8 Å². The quantitative estimate of drug-likeness (QED) is 0.175. The van der Waals surface area contributed by atoms with Crippen LogP contribution in [0.25, 0.3) is 0 Å². The van der Waals surface area contributed by atoms with Crippen molar-refractivity contribution in [3.8, 4) is 0 Å². The summed E-state index contributed by atoms with van der Waals surface area (Å²) in [5, 5.41) is 74.4. The van der Waals surface area contributed by atoms with Crippen LogP contribution in [0.5, 0.6) is 0 Å². The molecule has 9 N–H and O–H groups in total. The molecule has 0 bridgehead atoms. The molecule has 24 heavy (non-hydrogen) atoms. The van der Waals surface area contributed by atoms with Gasteiger partial charge in [0.1, 0.15) is 36.6 Å². The normalized spacial score (nSPS) is 17.4. The van der Waals surface area contributed by atoms with Crippen LogP contribution in [-0.2, 0) is 14.4 Å². The van der Waals surface area contributed by atoms with Crippen molar-refractivity contribution in [3.63, 3.8) is 0 Å². The van der Waals surface area contributed by atoms with Gasteiger partial charge in [-0.1, -0.05) is 0 Å². The van der Waals surface area contributed by atoms with Crippen LogP contribution in [-0.4, -0.2) is 121 Å². The molecule has 12 nitrogen and oxygen atoms in total. The van der Waals surface area contributed by atoms with Gasteiger partial charge in [0, 0.05) is 0 Å². The molecule has 0 rings (SSSR count). The molecule has 0 aliphatic heterocycles. The lowest BCUT2D eigenvalue weighted by Crippen LogP contribution is -2.30. The number of hydrogen-bond acceptors (Lipinski definition) is 12. The Morgan fingerprint density at radius 3 is 0.708 bits per heavy atom. The van der Waals surface area contributed by atoms with E-state index in [-0.39, 0.29) is 18.9 Å². The highest BCUT2D eigenvalue weighted by Crippen LogP contribution is 1.86. The number of aliphatic hydroxyl groups is 9. The number of aldehydes is 3. The molecule has 0 heterocycles.